The van der Waals surface area contributed by atoms with Gasteiger partial charge in [0.2, 0.25) is 0 Å². The molecule has 0 aliphatic carbocycles. The summed E-state index contributed by atoms with van der Waals surface area (Å²) < 4.78 is 14.0. The van der Waals surface area contributed by atoms with Crippen molar-refractivity contribution in [3.63, 3.8) is 0 Å². The molecule has 1 N–H and O–H groups in total. The Morgan fingerprint density at radius 3 is 2.86 bits per heavy atom. The van der Waals surface area contributed by atoms with Crippen LogP contribution in [-0.4, -0.2) is 30.0 Å². The van der Waals surface area contributed by atoms with E-state index in [0.717, 1.165) is 16.7 Å². The first kappa shape index (κ1) is 13.2. The largest absolute Gasteiger partial charge is 0.346 e. The Kier molecular flexibility index (Phi) is 3.04. The van der Waals surface area contributed by atoms with E-state index in [2.05, 4.69) is 31.7 Å². The molecular weight excluding hydrogens is 296 g/mol. The summed E-state index contributed by atoms with van der Waals surface area (Å²) in [5.41, 5.74) is 3.06. The van der Waals surface area contributed by atoms with E-state index in [1.807, 2.05) is 30.6 Å². The van der Waals surface area contributed by atoms with Gasteiger partial charge in [0.25, 0.3) is 0 Å². The molecule has 0 aliphatic heterocycles. The number of para-hydroxylation sites is 1. The second-order valence-electron chi connectivity index (χ2n) is 5.14. The summed E-state index contributed by atoms with van der Waals surface area (Å²) in [6, 6.07) is 10.3. The minimum absolute atomic E-state index is 0.588. The molecule has 0 fully saturated rings. The summed E-state index contributed by atoms with van der Waals surface area (Å²) in [5, 5.41) is 2.97. The Morgan fingerprint density at radius 1 is 1.18 bits per heavy atom. The predicted molar refractivity (Wildman–Crippen MR) is 87.3 cm³/mol. The lowest BCUT2D eigenvalue weighted by molar-refractivity contribution is 0.682. The molecule has 0 aliphatic rings. The molecule has 5 nitrogen and oxygen atoms in total. The van der Waals surface area contributed by atoms with Crippen LogP contribution in [0.5, 0.6) is 0 Å². The Balaban J connectivity index is 1.97. The van der Waals surface area contributed by atoms with Crippen LogP contribution in [0, 0.1) is 0 Å². The molecule has 22 heavy (non-hydrogen) atoms. The van der Waals surface area contributed by atoms with Gasteiger partial charge in [-0.05, 0) is 12.1 Å². The number of imidazole rings is 1. The average molecular weight is 310 g/mol. The van der Waals surface area contributed by atoms with Gasteiger partial charge in [0.05, 0.1) is 41.1 Å². The summed E-state index contributed by atoms with van der Waals surface area (Å²) in [5.74, 6) is 0. The van der Waals surface area contributed by atoms with Gasteiger partial charge in [-0.25, -0.2) is 4.98 Å². The second-order valence-corrected chi connectivity index (χ2v) is 6.43. The van der Waals surface area contributed by atoms with E-state index < -0.39 is 10.8 Å². The number of aromatic nitrogens is 4. The van der Waals surface area contributed by atoms with E-state index in [1.54, 1.807) is 12.6 Å². The first-order valence-electron chi connectivity index (χ1n) is 6.92. The molecule has 3 heterocycles. The highest BCUT2D eigenvalue weighted by Crippen LogP contribution is 2.29. The van der Waals surface area contributed by atoms with Crippen molar-refractivity contribution >= 4 is 32.6 Å². The Labute approximate surface area is 129 Å². The van der Waals surface area contributed by atoms with Crippen LogP contribution in [0.2, 0.25) is 0 Å². The number of nitrogens with zero attached hydrogens (tertiary/aromatic N) is 3. The lowest BCUT2D eigenvalue weighted by Crippen LogP contribution is -2.03. The number of hydrogen-bond acceptors (Lipinski definition) is 3. The van der Waals surface area contributed by atoms with Crippen LogP contribution < -0.4 is 0 Å². The molecule has 1 aromatic carbocycles. The monoisotopic (exact) mass is 310 g/mol. The molecule has 0 bridgehead atoms. The third-order valence-electron chi connectivity index (χ3n) is 3.84. The molecule has 0 saturated carbocycles. The fourth-order valence-corrected chi connectivity index (χ4v) is 3.57. The number of nitrogens with one attached hydrogen (secondary N) is 1. The third kappa shape index (κ3) is 1.95. The van der Waals surface area contributed by atoms with E-state index in [0.29, 0.717) is 11.6 Å². The molecule has 0 amide bonds. The average Bonchev–Trinajstić information content (AvgIpc) is 3.12. The van der Waals surface area contributed by atoms with Crippen molar-refractivity contribution in [1.29, 1.82) is 0 Å². The molecule has 4 aromatic rings. The van der Waals surface area contributed by atoms with Crippen LogP contribution in [0.25, 0.3) is 21.8 Å². The van der Waals surface area contributed by atoms with E-state index in [4.69, 9.17) is 0 Å². The zero-order valence-electron chi connectivity index (χ0n) is 12.0. The Hall–Kier alpha value is -2.47. The smallest absolute Gasteiger partial charge is 0.149 e. The number of fused-ring (bicyclic) bond motifs is 3. The number of hydrogen-bond donors (Lipinski definition) is 1. The molecule has 0 saturated heterocycles. The molecule has 110 valence electrons. The molecule has 4 rings (SSSR count). The van der Waals surface area contributed by atoms with Crippen molar-refractivity contribution in [2.24, 2.45) is 0 Å². The van der Waals surface area contributed by atoms with Gasteiger partial charge in [-0.15, -0.1) is 0 Å². The number of H-pyrrole nitrogens is 1. The third-order valence-corrected chi connectivity index (χ3v) is 4.74. The van der Waals surface area contributed by atoms with Gasteiger partial charge >= 0.3 is 0 Å². The maximum absolute atomic E-state index is 11.8. The molecule has 3 aromatic heterocycles. The highest BCUT2D eigenvalue weighted by molar-refractivity contribution is 7.84. The number of pyridine rings is 1. The maximum Gasteiger partial charge on any atom is 0.149 e. The zero-order valence-corrected chi connectivity index (χ0v) is 12.8. The van der Waals surface area contributed by atoms with Gasteiger partial charge in [0.1, 0.15) is 5.03 Å². The lowest BCUT2D eigenvalue weighted by Gasteiger charge is -2.06. The van der Waals surface area contributed by atoms with Gasteiger partial charge < -0.3 is 9.55 Å². The maximum atomic E-state index is 11.8. The van der Waals surface area contributed by atoms with Gasteiger partial charge in [0.15, 0.2) is 0 Å². The number of rotatable bonds is 3. The van der Waals surface area contributed by atoms with Gasteiger partial charge in [-0.2, -0.15) is 0 Å². The standard InChI is InChI=1S/C16H14N4OS/c1-22(21)16-13(18-10-19-16)9-20-14-5-3-2-4-11(14)12-6-7-17-8-15(12)20/h2-8,10H,9H2,1H3,(H,18,19)/t22-/m0/s1. The SMILES string of the molecule is C[S@](=O)c1nc[nH]c1Cn1c2ccccc2c2ccncc21. The van der Waals surface area contributed by atoms with E-state index in [9.17, 15) is 4.21 Å². The van der Waals surface area contributed by atoms with Gasteiger partial charge in [0, 0.05) is 28.7 Å². The topological polar surface area (TPSA) is 63.6 Å². The van der Waals surface area contributed by atoms with Crippen molar-refractivity contribution in [3.8, 4) is 0 Å². The first-order chi connectivity index (χ1) is 10.8. The summed E-state index contributed by atoms with van der Waals surface area (Å²) in [4.78, 5) is 11.5. The summed E-state index contributed by atoms with van der Waals surface area (Å²) in [6.45, 7) is 0.588. The van der Waals surface area contributed by atoms with E-state index in [-0.39, 0.29) is 0 Å². The molecule has 1 atom stereocenters. The predicted octanol–water partition coefficient (Wildman–Crippen LogP) is 2.70. The second kappa shape index (κ2) is 5.06. The first-order valence-corrected chi connectivity index (χ1v) is 8.48. The van der Waals surface area contributed by atoms with E-state index >= 15 is 0 Å². The molecule has 0 radical (unpaired) electrons. The van der Waals surface area contributed by atoms with Crippen LogP contribution in [0.15, 0.2) is 54.1 Å². The van der Waals surface area contributed by atoms with Crippen molar-refractivity contribution in [3.05, 3.63) is 54.7 Å². The molecule has 0 unspecified atom stereocenters. The summed E-state index contributed by atoms with van der Waals surface area (Å²) in [7, 11) is -1.11. The number of benzene rings is 1. The van der Waals surface area contributed by atoms with Crippen molar-refractivity contribution < 1.29 is 4.21 Å². The summed E-state index contributed by atoms with van der Waals surface area (Å²) in [6.07, 6.45) is 6.92. The van der Waals surface area contributed by atoms with Gasteiger partial charge in [-0.1, -0.05) is 18.2 Å². The molecule has 0 spiro atoms. The van der Waals surface area contributed by atoms with Crippen molar-refractivity contribution in [2.75, 3.05) is 6.26 Å². The highest BCUT2D eigenvalue weighted by Gasteiger charge is 2.14. The van der Waals surface area contributed by atoms with Crippen LogP contribution >= 0.6 is 0 Å². The fourth-order valence-electron chi connectivity index (χ4n) is 2.89. The number of aromatic amines is 1. The molecule has 6 heteroatoms. The summed E-state index contributed by atoms with van der Waals surface area (Å²) >= 11 is 0. The van der Waals surface area contributed by atoms with Crippen molar-refractivity contribution in [2.45, 2.75) is 11.6 Å². The van der Waals surface area contributed by atoms with E-state index in [1.165, 1.54) is 10.8 Å². The quantitative estimate of drug-likeness (QED) is 0.633. The Morgan fingerprint density at radius 2 is 2.00 bits per heavy atom. The van der Waals surface area contributed by atoms with Gasteiger partial charge in [-0.3, -0.25) is 9.19 Å². The van der Waals surface area contributed by atoms with Crippen molar-refractivity contribution in [1.82, 2.24) is 19.5 Å². The van der Waals surface area contributed by atoms with Crippen LogP contribution in [-0.2, 0) is 17.3 Å². The minimum atomic E-state index is -1.11. The zero-order chi connectivity index (χ0) is 15.1. The fraction of sp³-hybridized carbons (Fsp3) is 0.125. The van der Waals surface area contributed by atoms with Crippen LogP contribution in [0.4, 0.5) is 0 Å². The molecular formula is C16H14N4OS. The van der Waals surface area contributed by atoms with Crippen LogP contribution in [0.1, 0.15) is 5.69 Å². The Bertz CT molecular complexity index is 948. The normalized spacial score (nSPS) is 13.0. The van der Waals surface area contributed by atoms with Crippen LogP contribution in [0.3, 0.4) is 0 Å². The minimum Gasteiger partial charge on any atom is -0.346 e. The highest BCUT2D eigenvalue weighted by atomic mass is 32.2. The lowest BCUT2D eigenvalue weighted by atomic mass is 10.2.